The first-order valence-corrected chi connectivity index (χ1v) is 4.64. The van der Waals surface area contributed by atoms with Crippen LogP contribution in [0.25, 0.3) is 0 Å². The van der Waals surface area contributed by atoms with Crippen LogP contribution in [0.2, 0.25) is 0 Å². The molecule has 86 valence electrons. The predicted molar refractivity (Wildman–Crippen MR) is 57.1 cm³/mol. The lowest BCUT2D eigenvalue weighted by atomic mass is 10.3. The maximum absolute atomic E-state index is 11.3. The highest BCUT2D eigenvalue weighted by Gasteiger charge is 2.17. The molecule has 1 unspecified atom stereocenters. The molecule has 0 aliphatic carbocycles. The Morgan fingerprint density at radius 2 is 2.07 bits per heavy atom. The van der Waals surface area contributed by atoms with Crippen LogP contribution in [-0.4, -0.2) is 45.5 Å². The molecule has 15 heavy (non-hydrogen) atoms. The molecule has 0 aromatic rings. The number of ether oxygens (including phenoxy) is 2. The molecule has 0 saturated carbocycles. The number of nitrogens with one attached hydrogen (secondary N) is 2. The summed E-state index contributed by atoms with van der Waals surface area (Å²) in [6.07, 6.45) is 4.58. The predicted octanol–water partition coefficient (Wildman–Crippen LogP) is -0.667. The van der Waals surface area contributed by atoms with Crippen molar-refractivity contribution in [1.29, 1.82) is 0 Å². The van der Waals surface area contributed by atoms with Gasteiger partial charge in [-0.05, 0) is 6.92 Å². The van der Waals surface area contributed by atoms with Crippen LogP contribution in [0, 0.1) is 12.3 Å². The van der Waals surface area contributed by atoms with Crippen molar-refractivity contribution in [2.75, 3.05) is 27.3 Å². The summed E-state index contributed by atoms with van der Waals surface area (Å²) in [5.41, 5.74) is 0. The minimum Gasteiger partial charge on any atom is -0.354 e. The van der Waals surface area contributed by atoms with E-state index in [0.29, 0.717) is 6.54 Å². The van der Waals surface area contributed by atoms with E-state index in [2.05, 4.69) is 16.6 Å². The molecular formula is C10H18N2O3. The summed E-state index contributed by atoms with van der Waals surface area (Å²) in [7, 11) is 3.04. The molecule has 1 amide bonds. The third-order valence-corrected chi connectivity index (χ3v) is 1.77. The second kappa shape index (κ2) is 8.24. The Kier molecular flexibility index (Phi) is 7.64. The monoisotopic (exact) mass is 214 g/mol. The lowest BCUT2D eigenvalue weighted by molar-refractivity contribution is -0.135. The maximum Gasteiger partial charge on any atom is 0.234 e. The van der Waals surface area contributed by atoms with Crippen LogP contribution < -0.4 is 10.6 Å². The van der Waals surface area contributed by atoms with Gasteiger partial charge in [0, 0.05) is 14.2 Å². The molecule has 2 N–H and O–H groups in total. The summed E-state index contributed by atoms with van der Waals surface area (Å²) >= 11 is 0. The number of carbonyl (C=O) groups is 1. The highest BCUT2D eigenvalue weighted by atomic mass is 16.7. The summed E-state index contributed by atoms with van der Waals surface area (Å²) in [5.74, 6) is 2.24. The molecule has 0 spiro atoms. The molecule has 0 aromatic heterocycles. The number of rotatable bonds is 7. The van der Waals surface area contributed by atoms with Gasteiger partial charge in [0.15, 0.2) is 6.29 Å². The van der Waals surface area contributed by atoms with Crippen molar-refractivity contribution in [3.63, 3.8) is 0 Å². The van der Waals surface area contributed by atoms with Crippen LogP contribution in [0.1, 0.15) is 6.92 Å². The minimum atomic E-state index is -0.443. The Morgan fingerprint density at radius 1 is 1.47 bits per heavy atom. The van der Waals surface area contributed by atoms with Gasteiger partial charge in [-0.3, -0.25) is 10.1 Å². The summed E-state index contributed by atoms with van der Waals surface area (Å²) in [6, 6.07) is -0.208. The molecule has 0 aliphatic rings. The second-order valence-electron chi connectivity index (χ2n) is 3.00. The van der Waals surface area contributed by atoms with Crippen LogP contribution >= 0.6 is 0 Å². The summed E-state index contributed by atoms with van der Waals surface area (Å²) < 4.78 is 10.00. The van der Waals surface area contributed by atoms with Gasteiger partial charge in [-0.2, -0.15) is 0 Å². The van der Waals surface area contributed by atoms with Crippen molar-refractivity contribution in [2.24, 2.45) is 0 Å². The molecule has 0 bridgehead atoms. The second-order valence-corrected chi connectivity index (χ2v) is 3.00. The molecule has 1 atom stereocenters. The average molecular weight is 214 g/mol. The Morgan fingerprint density at radius 3 is 2.53 bits per heavy atom. The van der Waals surface area contributed by atoms with E-state index in [9.17, 15) is 4.79 Å². The smallest absolute Gasteiger partial charge is 0.234 e. The van der Waals surface area contributed by atoms with Gasteiger partial charge in [0.1, 0.15) is 0 Å². The van der Waals surface area contributed by atoms with E-state index in [1.807, 2.05) is 0 Å². The average Bonchev–Trinajstić information content (AvgIpc) is 2.20. The zero-order chi connectivity index (χ0) is 11.7. The van der Waals surface area contributed by atoms with Gasteiger partial charge in [-0.1, -0.05) is 5.92 Å². The fraction of sp³-hybridized carbons (Fsp3) is 0.700. The van der Waals surface area contributed by atoms with Crippen LogP contribution in [0.3, 0.4) is 0 Å². The first kappa shape index (κ1) is 13.9. The molecule has 0 radical (unpaired) electrons. The molecule has 0 aliphatic heterocycles. The van der Waals surface area contributed by atoms with Crippen LogP contribution in [0.15, 0.2) is 0 Å². The fourth-order valence-electron chi connectivity index (χ4n) is 1.13. The Hall–Kier alpha value is -1.09. The Bertz CT molecular complexity index is 221. The highest BCUT2D eigenvalue weighted by molar-refractivity contribution is 5.78. The molecule has 0 rings (SSSR count). The number of terminal acetylenes is 1. The number of carbonyl (C=O) groups excluding carboxylic acids is 1. The number of methoxy groups -OCH3 is 2. The summed E-state index contributed by atoms with van der Waals surface area (Å²) in [5, 5.41) is 5.51. The minimum absolute atomic E-state index is 0.142. The van der Waals surface area contributed by atoms with E-state index in [0.717, 1.165) is 0 Å². The maximum atomic E-state index is 11.3. The van der Waals surface area contributed by atoms with Gasteiger partial charge in [-0.15, -0.1) is 6.42 Å². The molecule has 0 heterocycles. The van der Waals surface area contributed by atoms with E-state index >= 15 is 0 Å². The molecular weight excluding hydrogens is 196 g/mol. The van der Waals surface area contributed by atoms with Gasteiger partial charge in [0.25, 0.3) is 0 Å². The zero-order valence-electron chi connectivity index (χ0n) is 9.37. The standard InChI is InChI=1S/C10H18N2O3/c1-5-6-11-7-9(13)12-8(2)10(14-3)15-4/h1,8,10-11H,6-7H2,2-4H3,(H,12,13). The summed E-state index contributed by atoms with van der Waals surface area (Å²) in [4.78, 5) is 11.3. The van der Waals surface area contributed by atoms with Crippen LogP contribution in [0.4, 0.5) is 0 Å². The number of hydrogen-bond donors (Lipinski definition) is 2. The van der Waals surface area contributed by atoms with Crippen LogP contribution in [0.5, 0.6) is 0 Å². The highest BCUT2D eigenvalue weighted by Crippen LogP contribution is 1.97. The van der Waals surface area contributed by atoms with Crippen molar-refractivity contribution in [3.8, 4) is 12.3 Å². The van der Waals surface area contributed by atoms with Crippen molar-refractivity contribution in [1.82, 2.24) is 10.6 Å². The van der Waals surface area contributed by atoms with E-state index < -0.39 is 6.29 Å². The molecule has 5 nitrogen and oxygen atoms in total. The molecule has 0 aromatic carbocycles. The van der Waals surface area contributed by atoms with Gasteiger partial charge in [0.2, 0.25) is 5.91 Å². The largest absolute Gasteiger partial charge is 0.354 e. The lowest BCUT2D eigenvalue weighted by Gasteiger charge is -2.22. The van der Waals surface area contributed by atoms with E-state index in [4.69, 9.17) is 15.9 Å². The normalized spacial score (nSPS) is 12.2. The first-order chi connectivity index (χ1) is 7.15. The number of amides is 1. The topological polar surface area (TPSA) is 59.6 Å². The SMILES string of the molecule is C#CCNCC(=O)NC(C)C(OC)OC. The van der Waals surface area contributed by atoms with E-state index in [-0.39, 0.29) is 18.5 Å². The van der Waals surface area contributed by atoms with Crippen molar-refractivity contribution in [3.05, 3.63) is 0 Å². The van der Waals surface area contributed by atoms with Gasteiger partial charge < -0.3 is 14.8 Å². The molecule has 0 saturated heterocycles. The third-order valence-electron chi connectivity index (χ3n) is 1.77. The Labute approximate surface area is 90.5 Å². The molecule has 0 fully saturated rings. The van der Waals surface area contributed by atoms with Crippen molar-refractivity contribution >= 4 is 5.91 Å². The fourth-order valence-corrected chi connectivity index (χ4v) is 1.13. The zero-order valence-corrected chi connectivity index (χ0v) is 9.37. The van der Waals surface area contributed by atoms with Crippen molar-refractivity contribution < 1.29 is 14.3 Å². The lowest BCUT2D eigenvalue weighted by Crippen LogP contribution is -2.46. The van der Waals surface area contributed by atoms with E-state index in [1.165, 1.54) is 14.2 Å². The third kappa shape index (κ3) is 6.07. The van der Waals surface area contributed by atoms with E-state index in [1.54, 1.807) is 6.92 Å². The first-order valence-electron chi connectivity index (χ1n) is 4.64. The summed E-state index contributed by atoms with van der Waals surface area (Å²) in [6.45, 7) is 2.37. The van der Waals surface area contributed by atoms with Gasteiger partial charge in [-0.25, -0.2) is 0 Å². The quantitative estimate of drug-likeness (QED) is 0.335. The van der Waals surface area contributed by atoms with Crippen molar-refractivity contribution in [2.45, 2.75) is 19.3 Å². The Balaban J connectivity index is 3.80. The van der Waals surface area contributed by atoms with Crippen LogP contribution in [-0.2, 0) is 14.3 Å². The number of hydrogen-bond acceptors (Lipinski definition) is 4. The van der Waals surface area contributed by atoms with Gasteiger partial charge in [0.05, 0.1) is 19.1 Å². The van der Waals surface area contributed by atoms with Gasteiger partial charge >= 0.3 is 0 Å². The molecule has 5 heteroatoms.